The molecule has 0 heterocycles. The lowest BCUT2D eigenvalue weighted by Crippen LogP contribution is -2.27. The molecule has 8 heteroatoms. The van der Waals surface area contributed by atoms with Crippen LogP contribution in [0.25, 0.3) is 0 Å². The van der Waals surface area contributed by atoms with Crippen molar-refractivity contribution in [3.05, 3.63) is 48.0 Å². The van der Waals surface area contributed by atoms with Gasteiger partial charge in [-0.3, -0.25) is 4.79 Å². The van der Waals surface area contributed by atoms with Crippen LogP contribution in [-0.2, 0) is 14.8 Å². The first-order valence-electron chi connectivity index (χ1n) is 7.88. The molecule has 2 N–H and O–H groups in total. The van der Waals surface area contributed by atoms with Crippen molar-refractivity contribution in [2.45, 2.75) is 24.8 Å². The van der Waals surface area contributed by atoms with E-state index in [4.69, 9.17) is 9.47 Å². The average molecular weight is 378 g/mol. The van der Waals surface area contributed by atoms with Crippen LogP contribution in [0.2, 0.25) is 0 Å². The van der Waals surface area contributed by atoms with Crippen LogP contribution in [0.15, 0.2) is 47.4 Å². The summed E-state index contributed by atoms with van der Waals surface area (Å²) in [6.07, 6.45) is 0. The van der Waals surface area contributed by atoms with Crippen molar-refractivity contribution >= 4 is 21.6 Å². The van der Waals surface area contributed by atoms with Crippen LogP contribution in [0.3, 0.4) is 0 Å². The van der Waals surface area contributed by atoms with Crippen molar-refractivity contribution in [2.24, 2.45) is 0 Å². The monoisotopic (exact) mass is 378 g/mol. The molecule has 0 spiro atoms. The van der Waals surface area contributed by atoms with Crippen LogP contribution < -0.4 is 19.5 Å². The Labute approximate surface area is 153 Å². The Bertz CT molecular complexity index is 879. The fourth-order valence-corrected chi connectivity index (χ4v) is 3.66. The number of hydrogen-bond acceptors (Lipinski definition) is 5. The average Bonchev–Trinajstić information content (AvgIpc) is 2.60. The molecule has 0 bridgehead atoms. The Kier molecular flexibility index (Phi) is 6.23. The van der Waals surface area contributed by atoms with Gasteiger partial charge in [0.1, 0.15) is 11.5 Å². The molecule has 26 heavy (non-hydrogen) atoms. The van der Waals surface area contributed by atoms with Crippen molar-refractivity contribution < 1.29 is 22.7 Å². The molecule has 0 fully saturated rings. The summed E-state index contributed by atoms with van der Waals surface area (Å²) in [6, 6.07) is 11.0. The first-order valence-corrected chi connectivity index (χ1v) is 9.37. The van der Waals surface area contributed by atoms with E-state index >= 15 is 0 Å². The molecule has 0 radical (unpaired) electrons. The van der Waals surface area contributed by atoms with Crippen LogP contribution in [0.1, 0.15) is 25.5 Å². The minimum atomic E-state index is -3.79. The molecular formula is C18H22N2O5S. The molecule has 0 aromatic heterocycles. The number of carbonyl (C=O) groups excluding carboxylic acids is 1. The Balaban J connectivity index is 2.26. The van der Waals surface area contributed by atoms with Crippen molar-refractivity contribution in [1.82, 2.24) is 4.72 Å². The fraction of sp³-hybridized carbons (Fsp3) is 0.278. The Hall–Kier alpha value is -2.58. The summed E-state index contributed by atoms with van der Waals surface area (Å²) in [6.45, 7) is 3.09. The normalized spacial score (nSPS) is 12.3. The quantitative estimate of drug-likeness (QED) is 0.773. The van der Waals surface area contributed by atoms with Gasteiger partial charge in [0, 0.05) is 13.0 Å². The second-order valence-corrected chi connectivity index (χ2v) is 7.37. The maximum atomic E-state index is 12.7. The minimum absolute atomic E-state index is 0.0300. The lowest BCUT2D eigenvalue weighted by molar-refractivity contribution is -0.114. The van der Waals surface area contributed by atoms with Crippen molar-refractivity contribution in [3.63, 3.8) is 0 Å². The minimum Gasteiger partial charge on any atom is -0.497 e. The molecular weight excluding hydrogens is 356 g/mol. The Morgan fingerprint density at radius 1 is 1.04 bits per heavy atom. The van der Waals surface area contributed by atoms with Gasteiger partial charge in [0.15, 0.2) is 0 Å². The van der Waals surface area contributed by atoms with Gasteiger partial charge in [-0.2, -0.15) is 0 Å². The largest absolute Gasteiger partial charge is 0.497 e. The molecule has 7 nitrogen and oxygen atoms in total. The number of methoxy groups -OCH3 is 2. The number of ether oxygens (including phenoxy) is 2. The molecule has 0 aliphatic heterocycles. The topological polar surface area (TPSA) is 93.7 Å². The zero-order valence-corrected chi connectivity index (χ0v) is 15.9. The summed E-state index contributed by atoms with van der Waals surface area (Å²) >= 11 is 0. The van der Waals surface area contributed by atoms with Gasteiger partial charge in [0.2, 0.25) is 15.9 Å². The SMILES string of the molecule is COc1ccc([C@H](C)NS(=O)(=O)c2ccc(OC)c(NC(C)=O)c2)cc1. The second kappa shape index (κ2) is 8.20. The van der Waals surface area contributed by atoms with E-state index in [0.717, 1.165) is 5.56 Å². The number of rotatable bonds is 7. The van der Waals surface area contributed by atoms with E-state index in [2.05, 4.69) is 10.0 Å². The third-order valence-corrected chi connectivity index (χ3v) is 5.28. The van der Waals surface area contributed by atoms with E-state index < -0.39 is 16.1 Å². The maximum absolute atomic E-state index is 12.7. The highest BCUT2D eigenvalue weighted by Gasteiger charge is 2.20. The molecule has 1 atom stereocenters. The number of sulfonamides is 1. The zero-order chi connectivity index (χ0) is 19.3. The van der Waals surface area contributed by atoms with E-state index in [1.54, 1.807) is 38.3 Å². The summed E-state index contributed by atoms with van der Waals surface area (Å²) in [5.41, 5.74) is 1.09. The molecule has 0 saturated heterocycles. The van der Waals surface area contributed by atoms with Gasteiger partial charge in [-0.15, -0.1) is 0 Å². The van der Waals surface area contributed by atoms with Crippen LogP contribution in [-0.4, -0.2) is 28.5 Å². The highest BCUT2D eigenvalue weighted by Crippen LogP contribution is 2.28. The lowest BCUT2D eigenvalue weighted by Gasteiger charge is -2.16. The smallest absolute Gasteiger partial charge is 0.241 e. The second-order valence-electron chi connectivity index (χ2n) is 5.66. The van der Waals surface area contributed by atoms with Crippen LogP contribution in [0.4, 0.5) is 5.69 Å². The highest BCUT2D eigenvalue weighted by atomic mass is 32.2. The van der Waals surface area contributed by atoms with E-state index in [1.165, 1.54) is 32.2 Å². The number of anilines is 1. The number of nitrogens with one attached hydrogen (secondary N) is 2. The van der Waals surface area contributed by atoms with Gasteiger partial charge >= 0.3 is 0 Å². The highest BCUT2D eigenvalue weighted by molar-refractivity contribution is 7.89. The first-order chi connectivity index (χ1) is 12.3. The fourth-order valence-electron chi connectivity index (χ4n) is 2.40. The Morgan fingerprint density at radius 2 is 1.69 bits per heavy atom. The third-order valence-electron chi connectivity index (χ3n) is 3.74. The summed E-state index contributed by atoms with van der Waals surface area (Å²) in [4.78, 5) is 11.3. The molecule has 0 saturated carbocycles. The third kappa shape index (κ3) is 4.74. The molecule has 0 aliphatic carbocycles. The number of hydrogen-bond donors (Lipinski definition) is 2. The summed E-state index contributed by atoms with van der Waals surface area (Å²) < 4.78 is 38.2. The van der Waals surface area contributed by atoms with E-state index in [-0.39, 0.29) is 10.8 Å². The van der Waals surface area contributed by atoms with E-state index in [0.29, 0.717) is 17.2 Å². The lowest BCUT2D eigenvalue weighted by atomic mass is 10.1. The molecule has 0 unspecified atom stereocenters. The van der Waals surface area contributed by atoms with Gasteiger partial charge < -0.3 is 14.8 Å². The predicted molar refractivity (Wildman–Crippen MR) is 99.0 cm³/mol. The Morgan fingerprint density at radius 3 is 2.23 bits per heavy atom. The summed E-state index contributed by atoms with van der Waals surface area (Å²) in [7, 11) is -0.784. The molecule has 1 amide bonds. The van der Waals surface area contributed by atoms with Gasteiger partial charge in [0.05, 0.1) is 24.8 Å². The van der Waals surface area contributed by atoms with Crippen LogP contribution in [0, 0.1) is 0 Å². The molecule has 2 aromatic carbocycles. The van der Waals surface area contributed by atoms with Crippen LogP contribution in [0.5, 0.6) is 11.5 Å². The zero-order valence-electron chi connectivity index (χ0n) is 15.1. The van der Waals surface area contributed by atoms with Crippen LogP contribution >= 0.6 is 0 Å². The number of amides is 1. The maximum Gasteiger partial charge on any atom is 0.241 e. The van der Waals surface area contributed by atoms with Gasteiger partial charge in [0.25, 0.3) is 0 Å². The van der Waals surface area contributed by atoms with Gasteiger partial charge in [-0.05, 0) is 42.8 Å². The van der Waals surface area contributed by atoms with Crippen molar-refractivity contribution in [2.75, 3.05) is 19.5 Å². The molecule has 2 aromatic rings. The molecule has 0 aliphatic rings. The molecule has 140 valence electrons. The predicted octanol–water partition coefficient (Wildman–Crippen LogP) is 2.70. The number of carbonyl (C=O) groups is 1. The first kappa shape index (κ1) is 19.7. The van der Waals surface area contributed by atoms with Crippen molar-refractivity contribution in [1.29, 1.82) is 0 Å². The number of benzene rings is 2. The van der Waals surface area contributed by atoms with Gasteiger partial charge in [-0.25, -0.2) is 13.1 Å². The molecule has 2 rings (SSSR count). The standard InChI is InChI=1S/C18H22N2O5S/c1-12(14-5-7-15(24-3)8-6-14)20-26(22,23)16-9-10-18(25-4)17(11-16)19-13(2)21/h5-12,20H,1-4H3,(H,19,21)/t12-/m0/s1. The van der Waals surface area contributed by atoms with Gasteiger partial charge in [-0.1, -0.05) is 12.1 Å². The van der Waals surface area contributed by atoms with E-state index in [1.807, 2.05) is 0 Å². The summed E-state index contributed by atoms with van der Waals surface area (Å²) in [5.74, 6) is 0.749. The van der Waals surface area contributed by atoms with Crippen molar-refractivity contribution in [3.8, 4) is 11.5 Å². The summed E-state index contributed by atoms with van der Waals surface area (Å²) in [5, 5.41) is 2.56. The van der Waals surface area contributed by atoms with E-state index in [9.17, 15) is 13.2 Å².